The van der Waals surface area contributed by atoms with Crippen molar-refractivity contribution in [2.45, 2.75) is 32.7 Å². The van der Waals surface area contributed by atoms with Gasteiger partial charge in [0.25, 0.3) is 11.5 Å². The molecule has 0 radical (unpaired) electrons. The number of hydrogen-bond acceptors (Lipinski definition) is 5. The van der Waals surface area contributed by atoms with Crippen molar-refractivity contribution >= 4 is 17.0 Å². The van der Waals surface area contributed by atoms with E-state index in [0.717, 1.165) is 18.6 Å². The summed E-state index contributed by atoms with van der Waals surface area (Å²) >= 11 is 0. The zero-order valence-electron chi connectivity index (χ0n) is 13.8. The molecule has 0 fully saturated rings. The van der Waals surface area contributed by atoms with E-state index >= 15 is 0 Å². The van der Waals surface area contributed by atoms with Gasteiger partial charge in [0.2, 0.25) is 5.71 Å². The number of hydrogen-bond donors (Lipinski definition) is 1. The fourth-order valence-corrected chi connectivity index (χ4v) is 2.64. The van der Waals surface area contributed by atoms with Crippen LogP contribution in [0.5, 0.6) is 0 Å². The molecule has 0 aliphatic carbocycles. The molecule has 3 heterocycles. The third-order valence-electron chi connectivity index (χ3n) is 3.96. The summed E-state index contributed by atoms with van der Waals surface area (Å²) in [7, 11) is 1.59. The van der Waals surface area contributed by atoms with Crippen LogP contribution in [-0.4, -0.2) is 21.5 Å². The lowest BCUT2D eigenvalue weighted by atomic mass is 10.1. The summed E-state index contributed by atoms with van der Waals surface area (Å²) in [5, 5.41) is 3.12. The highest BCUT2D eigenvalue weighted by atomic mass is 16.3. The first-order valence-corrected chi connectivity index (χ1v) is 7.75. The molecule has 7 nitrogen and oxygen atoms in total. The van der Waals surface area contributed by atoms with Gasteiger partial charge in [0, 0.05) is 19.5 Å². The van der Waals surface area contributed by atoms with Crippen LogP contribution in [0.4, 0.5) is 0 Å². The molecule has 0 bridgehead atoms. The number of aryl methyl sites for hydroxylation is 3. The van der Waals surface area contributed by atoms with Gasteiger partial charge in [0.15, 0.2) is 0 Å². The second-order valence-electron chi connectivity index (χ2n) is 5.87. The van der Waals surface area contributed by atoms with Gasteiger partial charge in [0.1, 0.15) is 23.2 Å². The van der Waals surface area contributed by atoms with Gasteiger partial charge in [-0.05, 0) is 32.4 Å². The summed E-state index contributed by atoms with van der Waals surface area (Å²) < 4.78 is 12.1. The highest BCUT2D eigenvalue weighted by Crippen LogP contribution is 2.21. The Morgan fingerprint density at radius 1 is 1.46 bits per heavy atom. The maximum Gasteiger partial charge on any atom is 0.265 e. The molecule has 7 heteroatoms. The number of fused-ring (bicyclic) bond motifs is 1. The standard InChI is InChI=1S/C17H19N3O4/c1-10(6-7-12-5-4-8-23-12)19-15(21)13-11(2)24-16-14(13)17(22)20(3)9-18-16/h4-5,8-10H,6-7H2,1-3H3,(H,19,21). The zero-order chi connectivity index (χ0) is 17.3. The molecule has 24 heavy (non-hydrogen) atoms. The Hall–Kier alpha value is -2.83. The maximum atomic E-state index is 12.6. The van der Waals surface area contributed by atoms with Gasteiger partial charge >= 0.3 is 0 Å². The van der Waals surface area contributed by atoms with Gasteiger partial charge in [-0.25, -0.2) is 4.98 Å². The normalized spacial score (nSPS) is 12.5. The minimum absolute atomic E-state index is 0.0764. The van der Waals surface area contributed by atoms with Crippen molar-refractivity contribution < 1.29 is 13.6 Å². The minimum Gasteiger partial charge on any atom is -0.469 e. The smallest absolute Gasteiger partial charge is 0.265 e. The number of nitrogens with one attached hydrogen (secondary N) is 1. The molecule has 3 rings (SSSR count). The molecule has 126 valence electrons. The lowest BCUT2D eigenvalue weighted by molar-refractivity contribution is 0.0938. The van der Waals surface area contributed by atoms with Gasteiger partial charge in [-0.2, -0.15) is 0 Å². The van der Waals surface area contributed by atoms with Crippen LogP contribution < -0.4 is 10.9 Å². The van der Waals surface area contributed by atoms with Gasteiger partial charge in [-0.1, -0.05) is 0 Å². The highest BCUT2D eigenvalue weighted by Gasteiger charge is 2.23. The van der Waals surface area contributed by atoms with Crippen LogP contribution in [0.15, 0.2) is 38.4 Å². The largest absolute Gasteiger partial charge is 0.469 e. The molecule has 0 saturated carbocycles. The molecule has 0 aromatic carbocycles. The summed E-state index contributed by atoms with van der Waals surface area (Å²) in [6.07, 6.45) is 4.46. The lowest BCUT2D eigenvalue weighted by Crippen LogP contribution is -2.34. The fourth-order valence-electron chi connectivity index (χ4n) is 2.64. The Labute approximate surface area is 138 Å². The van der Waals surface area contributed by atoms with Crippen LogP contribution in [0.25, 0.3) is 11.1 Å². The van der Waals surface area contributed by atoms with E-state index in [0.29, 0.717) is 5.76 Å². The summed E-state index contributed by atoms with van der Waals surface area (Å²) in [5.41, 5.74) is 0.137. The highest BCUT2D eigenvalue weighted by molar-refractivity contribution is 6.06. The van der Waals surface area contributed by atoms with E-state index < -0.39 is 0 Å². The van der Waals surface area contributed by atoms with Crippen molar-refractivity contribution in [1.29, 1.82) is 0 Å². The van der Waals surface area contributed by atoms with Crippen LogP contribution in [0.3, 0.4) is 0 Å². The number of amides is 1. The second kappa shape index (κ2) is 6.35. The Balaban J connectivity index is 1.80. The summed E-state index contributed by atoms with van der Waals surface area (Å²) in [6, 6.07) is 3.66. The van der Waals surface area contributed by atoms with Crippen LogP contribution in [-0.2, 0) is 13.5 Å². The Bertz CT molecular complexity index is 921. The first-order valence-electron chi connectivity index (χ1n) is 7.75. The van der Waals surface area contributed by atoms with E-state index in [2.05, 4.69) is 10.3 Å². The number of carbonyl (C=O) groups excluding carboxylic acids is 1. The van der Waals surface area contributed by atoms with E-state index in [1.807, 2.05) is 19.1 Å². The van der Waals surface area contributed by atoms with Crippen molar-refractivity contribution in [3.05, 3.63) is 52.2 Å². The van der Waals surface area contributed by atoms with Crippen molar-refractivity contribution in [1.82, 2.24) is 14.9 Å². The minimum atomic E-state index is -0.330. The van der Waals surface area contributed by atoms with Crippen LogP contribution in [0.1, 0.15) is 35.2 Å². The molecule has 1 atom stereocenters. The third-order valence-corrected chi connectivity index (χ3v) is 3.96. The monoisotopic (exact) mass is 329 g/mol. The predicted octanol–water partition coefficient (Wildman–Crippen LogP) is 2.18. The topological polar surface area (TPSA) is 90.3 Å². The van der Waals surface area contributed by atoms with E-state index in [-0.39, 0.29) is 34.2 Å². The van der Waals surface area contributed by atoms with Gasteiger partial charge in [0.05, 0.1) is 11.8 Å². The first kappa shape index (κ1) is 16.0. The number of aromatic nitrogens is 2. The third kappa shape index (κ3) is 2.97. The Morgan fingerprint density at radius 2 is 2.25 bits per heavy atom. The Morgan fingerprint density at radius 3 is 2.96 bits per heavy atom. The van der Waals surface area contributed by atoms with Crippen LogP contribution in [0, 0.1) is 6.92 Å². The summed E-state index contributed by atoms with van der Waals surface area (Å²) in [5.74, 6) is 0.930. The molecule has 0 spiro atoms. The van der Waals surface area contributed by atoms with Crippen molar-refractivity contribution in [2.75, 3.05) is 0 Å². The average Bonchev–Trinajstić information content (AvgIpc) is 3.16. The van der Waals surface area contributed by atoms with Crippen molar-refractivity contribution in [3.63, 3.8) is 0 Å². The van der Waals surface area contributed by atoms with E-state index in [4.69, 9.17) is 8.83 Å². The number of rotatable bonds is 5. The van der Waals surface area contributed by atoms with Gasteiger partial charge < -0.3 is 18.7 Å². The van der Waals surface area contributed by atoms with E-state index in [9.17, 15) is 9.59 Å². The number of nitrogens with zero attached hydrogens (tertiary/aromatic N) is 2. The summed E-state index contributed by atoms with van der Waals surface area (Å²) in [4.78, 5) is 29.0. The molecular formula is C17H19N3O4. The first-order chi connectivity index (χ1) is 11.5. The lowest BCUT2D eigenvalue weighted by Gasteiger charge is -2.13. The SMILES string of the molecule is Cc1oc2ncn(C)c(=O)c2c1C(=O)NC(C)CCc1ccco1. The number of carbonyl (C=O) groups is 1. The molecular weight excluding hydrogens is 310 g/mol. The fraction of sp³-hybridized carbons (Fsp3) is 0.353. The quantitative estimate of drug-likeness (QED) is 0.775. The predicted molar refractivity (Wildman–Crippen MR) is 87.9 cm³/mol. The molecule has 1 amide bonds. The van der Waals surface area contributed by atoms with Crippen molar-refractivity contribution in [2.24, 2.45) is 7.05 Å². The molecule has 3 aromatic rings. The molecule has 3 aromatic heterocycles. The van der Waals surface area contributed by atoms with E-state index in [1.165, 1.54) is 10.9 Å². The molecule has 1 N–H and O–H groups in total. The van der Waals surface area contributed by atoms with E-state index in [1.54, 1.807) is 20.2 Å². The maximum absolute atomic E-state index is 12.6. The Kier molecular flexibility index (Phi) is 4.24. The zero-order valence-corrected chi connectivity index (χ0v) is 13.8. The molecule has 0 aliphatic heterocycles. The number of furan rings is 2. The molecule has 0 saturated heterocycles. The van der Waals surface area contributed by atoms with Crippen LogP contribution in [0.2, 0.25) is 0 Å². The molecule has 0 aliphatic rings. The molecule has 1 unspecified atom stereocenters. The second-order valence-corrected chi connectivity index (χ2v) is 5.87. The van der Waals surface area contributed by atoms with Gasteiger partial charge in [-0.3, -0.25) is 9.59 Å². The van der Waals surface area contributed by atoms with Crippen LogP contribution >= 0.6 is 0 Å². The van der Waals surface area contributed by atoms with Crippen molar-refractivity contribution in [3.8, 4) is 0 Å². The summed E-state index contributed by atoms with van der Waals surface area (Å²) in [6.45, 7) is 3.57. The van der Waals surface area contributed by atoms with Gasteiger partial charge in [-0.15, -0.1) is 0 Å². The average molecular weight is 329 g/mol.